The molecule has 6 nitrogen and oxygen atoms in total. The molecular formula is C19H23NO5. The van der Waals surface area contributed by atoms with Crippen LogP contribution >= 0.6 is 0 Å². The fraction of sp³-hybridized carbons (Fsp3) is 0.474. The SMILES string of the molecule is Cc1ccc(C)c2c(C)c(C(=O)NCC3(C(=O)O)CCOCC3)oc12. The zero-order valence-electron chi connectivity index (χ0n) is 14.8. The number of aliphatic carboxylic acids is 1. The molecule has 0 spiro atoms. The van der Waals surface area contributed by atoms with Gasteiger partial charge in [-0.05, 0) is 44.7 Å². The summed E-state index contributed by atoms with van der Waals surface area (Å²) in [5.41, 5.74) is 2.54. The quantitative estimate of drug-likeness (QED) is 0.889. The van der Waals surface area contributed by atoms with Gasteiger partial charge in [0.25, 0.3) is 5.91 Å². The average Bonchev–Trinajstić information content (AvgIpc) is 2.95. The fourth-order valence-corrected chi connectivity index (χ4v) is 3.45. The molecule has 1 aromatic heterocycles. The molecule has 0 aliphatic carbocycles. The van der Waals surface area contributed by atoms with E-state index in [-0.39, 0.29) is 18.2 Å². The molecule has 1 fully saturated rings. The van der Waals surface area contributed by atoms with Crippen LogP contribution in [0.1, 0.15) is 40.1 Å². The smallest absolute Gasteiger partial charge is 0.311 e. The van der Waals surface area contributed by atoms with Crippen LogP contribution in [0.15, 0.2) is 16.5 Å². The Balaban J connectivity index is 1.85. The number of rotatable bonds is 4. The van der Waals surface area contributed by atoms with Crippen molar-refractivity contribution < 1.29 is 23.8 Å². The van der Waals surface area contributed by atoms with Crippen molar-refractivity contribution in [3.63, 3.8) is 0 Å². The van der Waals surface area contributed by atoms with Crippen LogP contribution in [0.25, 0.3) is 11.0 Å². The topological polar surface area (TPSA) is 88.8 Å². The molecule has 3 rings (SSSR count). The van der Waals surface area contributed by atoms with Crippen molar-refractivity contribution in [1.29, 1.82) is 0 Å². The van der Waals surface area contributed by atoms with Crippen LogP contribution in [0.2, 0.25) is 0 Å². The van der Waals surface area contributed by atoms with Gasteiger partial charge in [-0.25, -0.2) is 0 Å². The second kappa shape index (κ2) is 6.52. The van der Waals surface area contributed by atoms with E-state index < -0.39 is 11.4 Å². The van der Waals surface area contributed by atoms with E-state index in [2.05, 4.69) is 5.32 Å². The number of benzene rings is 1. The van der Waals surface area contributed by atoms with E-state index in [1.807, 2.05) is 32.9 Å². The lowest BCUT2D eigenvalue weighted by Crippen LogP contribution is -2.46. The minimum absolute atomic E-state index is 0.0684. The molecule has 2 aromatic rings. The Labute approximate surface area is 146 Å². The number of carbonyl (C=O) groups excluding carboxylic acids is 1. The highest BCUT2D eigenvalue weighted by Gasteiger charge is 2.40. The van der Waals surface area contributed by atoms with Crippen molar-refractivity contribution in [1.82, 2.24) is 5.32 Å². The summed E-state index contributed by atoms with van der Waals surface area (Å²) >= 11 is 0. The first-order valence-electron chi connectivity index (χ1n) is 8.44. The number of hydrogen-bond acceptors (Lipinski definition) is 4. The third kappa shape index (κ3) is 3.02. The minimum Gasteiger partial charge on any atom is -0.481 e. The first kappa shape index (κ1) is 17.5. The molecule has 1 amide bonds. The average molecular weight is 345 g/mol. The maximum absolute atomic E-state index is 12.6. The molecule has 6 heteroatoms. The number of amides is 1. The molecule has 2 heterocycles. The molecule has 1 saturated heterocycles. The first-order chi connectivity index (χ1) is 11.9. The van der Waals surface area contributed by atoms with Gasteiger partial charge in [0.05, 0.1) is 5.41 Å². The van der Waals surface area contributed by atoms with Crippen LogP contribution < -0.4 is 5.32 Å². The maximum Gasteiger partial charge on any atom is 0.311 e. The molecule has 0 radical (unpaired) electrons. The molecule has 0 saturated carbocycles. The zero-order chi connectivity index (χ0) is 18.2. The third-order valence-electron chi connectivity index (χ3n) is 5.18. The van der Waals surface area contributed by atoms with Crippen molar-refractivity contribution in [3.8, 4) is 0 Å². The van der Waals surface area contributed by atoms with Crippen LogP contribution in [0, 0.1) is 26.2 Å². The summed E-state index contributed by atoms with van der Waals surface area (Å²) in [5.74, 6) is -1.02. The van der Waals surface area contributed by atoms with Gasteiger partial charge in [-0.1, -0.05) is 12.1 Å². The number of carboxylic acid groups (broad SMARTS) is 1. The van der Waals surface area contributed by atoms with Crippen molar-refractivity contribution in [3.05, 3.63) is 34.6 Å². The Morgan fingerprint density at radius 3 is 2.40 bits per heavy atom. The Hall–Kier alpha value is -2.34. The van der Waals surface area contributed by atoms with E-state index in [9.17, 15) is 14.7 Å². The van der Waals surface area contributed by atoms with E-state index in [4.69, 9.17) is 9.15 Å². The molecule has 25 heavy (non-hydrogen) atoms. The lowest BCUT2D eigenvalue weighted by atomic mass is 9.80. The zero-order valence-corrected chi connectivity index (χ0v) is 14.8. The van der Waals surface area contributed by atoms with E-state index in [0.717, 1.165) is 22.1 Å². The molecule has 1 aromatic carbocycles. The van der Waals surface area contributed by atoms with Crippen molar-refractivity contribution >= 4 is 22.8 Å². The molecule has 0 atom stereocenters. The molecule has 0 bridgehead atoms. The molecule has 0 unspecified atom stereocenters. The van der Waals surface area contributed by atoms with E-state index in [1.54, 1.807) is 0 Å². The number of hydrogen-bond donors (Lipinski definition) is 2. The Kier molecular flexibility index (Phi) is 4.56. The summed E-state index contributed by atoms with van der Waals surface area (Å²) < 4.78 is 11.1. The molecule has 1 aliphatic rings. The van der Waals surface area contributed by atoms with Crippen molar-refractivity contribution in [2.24, 2.45) is 5.41 Å². The highest BCUT2D eigenvalue weighted by Crippen LogP contribution is 2.32. The van der Waals surface area contributed by atoms with Crippen LogP contribution in [0.4, 0.5) is 0 Å². The first-order valence-corrected chi connectivity index (χ1v) is 8.44. The Morgan fingerprint density at radius 1 is 1.16 bits per heavy atom. The summed E-state index contributed by atoms with van der Waals surface area (Å²) in [5, 5.41) is 13.3. The monoisotopic (exact) mass is 345 g/mol. The van der Waals surface area contributed by atoms with E-state index in [1.165, 1.54) is 0 Å². The van der Waals surface area contributed by atoms with Gasteiger partial charge < -0.3 is 19.6 Å². The Bertz CT molecular complexity index is 830. The summed E-state index contributed by atoms with van der Waals surface area (Å²) in [7, 11) is 0. The lowest BCUT2D eigenvalue weighted by molar-refractivity contribution is -0.154. The van der Waals surface area contributed by atoms with Gasteiger partial charge >= 0.3 is 5.97 Å². The Morgan fingerprint density at radius 2 is 1.80 bits per heavy atom. The fourth-order valence-electron chi connectivity index (χ4n) is 3.45. The number of ether oxygens (including phenoxy) is 1. The number of carboxylic acids is 1. The lowest BCUT2D eigenvalue weighted by Gasteiger charge is -2.32. The molecule has 2 N–H and O–H groups in total. The predicted molar refractivity (Wildman–Crippen MR) is 92.9 cm³/mol. The number of nitrogens with one attached hydrogen (secondary N) is 1. The maximum atomic E-state index is 12.6. The number of carbonyl (C=O) groups is 2. The van der Waals surface area contributed by atoms with Gasteiger partial charge in [0.15, 0.2) is 5.76 Å². The summed E-state index contributed by atoms with van der Waals surface area (Å²) in [4.78, 5) is 24.3. The summed E-state index contributed by atoms with van der Waals surface area (Å²) in [6, 6.07) is 3.97. The molecule has 1 aliphatic heterocycles. The third-order valence-corrected chi connectivity index (χ3v) is 5.18. The second-order valence-electron chi connectivity index (χ2n) is 6.84. The molecular weight excluding hydrogens is 322 g/mol. The van der Waals surface area contributed by atoms with Crippen LogP contribution in [-0.2, 0) is 9.53 Å². The second-order valence-corrected chi connectivity index (χ2v) is 6.84. The van der Waals surface area contributed by atoms with Gasteiger partial charge in [0.2, 0.25) is 0 Å². The predicted octanol–water partition coefficient (Wildman–Crippen LogP) is 2.97. The van der Waals surface area contributed by atoms with Crippen LogP contribution in [-0.4, -0.2) is 36.7 Å². The van der Waals surface area contributed by atoms with Crippen molar-refractivity contribution in [2.75, 3.05) is 19.8 Å². The number of aryl methyl sites for hydroxylation is 3. The van der Waals surface area contributed by atoms with Gasteiger partial charge in [-0.2, -0.15) is 0 Å². The largest absolute Gasteiger partial charge is 0.481 e. The normalized spacial score (nSPS) is 16.8. The van der Waals surface area contributed by atoms with Crippen molar-refractivity contribution in [2.45, 2.75) is 33.6 Å². The van der Waals surface area contributed by atoms with Gasteiger partial charge in [-0.15, -0.1) is 0 Å². The minimum atomic E-state index is -0.973. The highest BCUT2D eigenvalue weighted by atomic mass is 16.5. The highest BCUT2D eigenvalue weighted by molar-refractivity contribution is 6.00. The summed E-state index contributed by atoms with van der Waals surface area (Å²) in [6.07, 6.45) is 0.778. The van der Waals surface area contributed by atoms with Crippen LogP contribution in [0.5, 0.6) is 0 Å². The number of furan rings is 1. The van der Waals surface area contributed by atoms with Gasteiger partial charge in [0, 0.05) is 30.7 Å². The molecule has 134 valence electrons. The van der Waals surface area contributed by atoms with Gasteiger partial charge in [0.1, 0.15) is 5.58 Å². The standard InChI is InChI=1S/C19H23NO5/c1-11-4-5-12(2)15-14(11)13(3)16(25-15)17(21)20-10-19(18(22)23)6-8-24-9-7-19/h4-5H,6-10H2,1-3H3,(H,20,21)(H,22,23). The summed E-state index contributed by atoms with van der Waals surface area (Å²) in [6.45, 7) is 6.63. The van der Waals surface area contributed by atoms with Gasteiger partial charge in [-0.3, -0.25) is 9.59 Å². The van der Waals surface area contributed by atoms with E-state index in [0.29, 0.717) is 31.6 Å². The van der Waals surface area contributed by atoms with E-state index >= 15 is 0 Å². The van der Waals surface area contributed by atoms with Crippen LogP contribution in [0.3, 0.4) is 0 Å². The number of fused-ring (bicyclic) bond motifs is 1.